The molecule has 0 aromatic carbocycles. The van der Waals surface area contributed by atoms with Crippen molar-refractivity contribution in [3.05, 3.63) is 0 Å². The van der Waals surface area contributed by atoms with Crippen molar-refractivity contribution in [1.82, 2.24) is 0 Å². The lowest BCUT2D eigenvalue weighted by Crippen LogP contribution is -2.57. The minimum atomic E-state index is 0.398. The van der Waals surface area contributed by atoms with E-state index in [9.17, 15) is 0 Å². The SMILES string of the molecule is COCCOCO[C@@H]1C[C@@H]2C[C@H](C1C)C2(C)C. The summed E-state index contributed by atoms with van der Waals surface area (Å²) in [5, 5.41) is 0. The molecule has 3 nitrogen and oxygen atoms in total. The molecule has 100 valence electrons. The molecule has 0 heterocycles. The summed E-state index contributed by atoms with van der Waals surface area (Å²) in [6.45, 7) is 8.83. The fraction of sp³-hybridized carbons (Fsp3) is 1.00. The lowest BCUT2D eigenvalue weighted by atomic mass is 9.45. The van der Waals surface area contributed by atoms with Crippen LogP contribution in [0.4, 0.5) is 0 Å². The number of fused-ring (bicyclic) bond motifs is 2. The van der Waals surface area contributed by atoms with E-state index in [1.807, 2.05) is 0 Å². The van der Waals surface area contributed by atoms with Crippen LogP contribution in [0.3, 0.4) is 0 Å². The standard InChI is InChI=1S/C14H26O3/c1-10-12-7-11(14(12,2)3)8-13(10)17-9-16-6-5-15-4/h10-13H,5-9H2,1-4H3/t10?,11-,12+,13+/m0/s1. The number of hydrogen-bond donors (Lipinski definition) is 0. The van der Waals surface area contributed by atoms with Crippen LogP contribution in [0, 0.1) is 23.2 Å². The zero-order valence-electron chi connectivity index (χ0n) is 11.6. The zero-order valence-corrected chi connectivity index (χ0v) is 11.6. The highest BCUT2D eigenvalue weighted by Crippen LogP contribution is 2.61. The van der Waals surface area contributed by atoms with Crippen molar-refractivity contribution in [2.75, 3.05) is 27.1 Å². The second-order valence-electron chi connectivity index (χ2n) is 6.18. The summed E-state index contributed by atoms with van der Waals surface area (Å²) >= 11 is 0. The van der Waals surface area contributed by atoms with E-state index in [4.69, 9.17) is 14.2 Å². The van der Waals surface area contributed by atoms with Crippen LogP contribution in [0.2, 0.25) is 0 Å². The molecule has 3 heteroatoms. The molecule has 0 spiro atoms. The van der Waals surface area contributed by atoms with Crippen LogP contribution in [0.1, 0.15) is 33.6 Å². The highest BCUT2D eigenvalue weighted by atomic mass is 16.7. The van der Waals surface area contributed by atoms with Crippen LogP contribution in [0.25, 0.3) is 0 Å². The van der Waals surface area contributed by atoms with E-state index in [0.717, 1.165) is 11.8 Å². The largest absolute Gasteiger partial charge is 0.382 e. The normalized spacial score (nSPS) is 38.8. The van der Waals surface area contributed by atoms with E-state index >= 15 is 0 Å². The van der Waals surface area contributed by atoms with Crippen molar-refractivity contribution in [2.45, 2.75) is 39.7 Å². The summed E-state index contributed by atoms with van der Waals surface area (Å²) in [5.41, 5.74) is 0.538. The van der Waals surface area contributed by atoms with Crippen LogP contribution in [-0.2, 0) is 14.2 Å². The van der Waals surface area contributed by atoms with Crippen LogP contribution < -0.4 is 0 Å². The number of methoxy groups -OCH3 is 1. The fourth-order valence-corrected chi connectivity index (χ4v) is 3.66. The van der Waals surface area contributed by atoms with Crippen molar-refractivity contribution in [3.8, 4) is 0 Å². The van der Waals surface area contributed by atoms with Crippen LogP contribution in [0.15, 0.2) is 0 Å². The maximum absolute atomic E-state index is 5.86. The van der Waals surface area contributed by atoms with Crippen molar-refractivity contribution < 1.29 is 14.2 Å². The third-order valence-electron chi connectivity index (χ3n) is 5.08. The molecule has 0 aromatic heterocycles. The molecule has 4 atom stereocenters. The molecule has 3 rings (SSSR count). The monoisotopic (exact) mass is 242 g/mol. The summed E-state index contributed by atoms with van der Waals surface area (Å²) < 4.78 is 16.2. The Labute approximate surface area is 105 Å². The molecular weight excluding hydrogens is 216 g/mol. The van der Waals surface area contributed by atoms with Gasteiger partial charge in [0.15, 0.2) is 0 Å². The Balaban J connectivity index is 1.70. The summed E-state index contributed by atoms with van der Waals surface area (Å²) in [6.07, 6.45) is 3.01. The van der Waals surface area contributed by atoms with Gasteiger partial charge in [-0.05, 0) is 36.0 Å². The molecule has 0 aromatic rings. The highest BCUT2D eigenvalue weighted by Gasteiger charge is 2.56. The van der Waals surface area contributed by atoms with E-state index < -0.39 is 0 Å². The number of rotatable bonds is 6. The highest BCUT2D eigenvalue weighted by molar-refractivity contribution is 5.05. The van der Waals surface area contributed by atoms with Crippen molar-refractivity contribution in [3.63, 3.8) is 0 Å². The van der Waals surface area contributed by atoms with E-state index in [1.54, 1.807) is 7.11 Å². The van der Waals surface area contributed by atoms with Gasteiger partial charge in [0.2, 0.25) is 0 Å². The molecule has 0 N–H and O–H groups in total. The molecule has 17 heavy (non-hydrogen) atoms. The van der Waals surface area contributed by atoms with Gasteiger partial charge in [-0.25, -0.2) is 0 Å². The van der Waals surface area contributed by atoms with Gasteiger partial charge in [0, 0.05) is 7.11 Å². The predicted octanol–water partition coefficient (Wildman–Crippen LogP) is 2.69. The second kappa shape index (κ2) is 5.25. The van der Waals surface area contributed by atoms with Crippen molar-refractivity contribution >= 4 is 0 Å². The first kappa shape index (κ1) is 13.3. The summed E-state index contributed by atoms with van der Waals surface area (Å²) in [5.74, 6) is 2.36. The average molecular weight is 242 g/mol. The van der Waals surface area contributed by atoms with E-state index in [0.29, 0.717) is 37.4 Å². The Morgan fingerprint density at radius 1 is 1.18 bits per heavy atom. The molecule has 3 aliphatic carbocycles. The van der Waals surface area contributed by atoms with E-state index in [-0.39, 0.29) is 0 Å². The fourth-order valence-electron chi connectivity index (χ4n) is 3.66. The lowest BCUT2D eigenvalue weighted by molar-refractivity contribution is -0.201. The van der Waals surface area contributed by atoms with Crippen molar-refractivity contribution in [1.29, 1.82) is 0 Å². The van der Waals surface area contributed by atoms with E-state index in [2.05, 4.69) is 20.8 Å². The summed E-state index contributed by atoms with van der Waals surface area (Å²) in [4.78, 5) is 0. The molecule has 3 aliphatic rings. The van der Waals surface area contributed by atoms with Crippen LogP contribution >= 0.6 is 0 Å². The molecule has 3 saturated carbocycles. The number of ether oxygens (including phenoxy) is 3. The maximum atomic E-state index is 5.86. The van der Waals surface area contributed by atoms with E-state index in [1.165, 1.54) is 12.8 Å². The minimum absolute atomic E-state index is 0.398. The van der Waals surface area contributed by atoms with Gasteiger partial charge in [0.05, 0.1) is 19.3 Å². The van der Waals surface area contributed by atoms with Gasteiger partial charge in [0.1, 0.15) is 6.79 Å². The van der Waals surface area contributed by atoms with Gasteiger partial charge < -0.3 is 14.2 Å². The first-order valence-corrected chi connectivity index (χ1v) is 6.75. The van der Waals surface area contributed by atoms with Gasteiger partial charge in [-0.2, -0.15) is 0 Å². The van der Waals surface area contributed by atoms with Gasteiger partial charge in [-0.1, -0.05) is 20.8 Å². The first-order valence-electron chi connectivity index (χ1n) is 6.75. The molecule has 0 aliphatic heterocycles. The van der Waals surface area contributed by atoms with Gasteiger partial charge in [-0.3, -0.25) is 0 Å². The molecule has 0 saturated heterocycles. The predicted molar refractivity (Wildman–Crippen MR) is 66.7 cm³/mol. The molecule has 1 unspecified atom stereocenters. The summed E-state index contributed by atoms with van der Waals surface area (Å²) in [7, 11) is 1.68. The van der Waals surface area contributed by atoms with Crippen LogP contribution in [-0.4, -0.2) is 33.2 Å². The smallest absolute Gasteiger partial charge is 0.147 e. The lowest BCUT2D eigenvalue weighted by Gasteiger charge is -2.61. The first-order chi connectivity index (χ1) is 8.07. The molecule has 3 fully saturated rings. The summed E-state index contributed by atoms with van der Waals surface area (Å²) in [6, 6.07) is 0. The Bertz CT molecular complexity index is 252. The quantitative estimate of drug-likeness (QED) is 0.529. The zero-order chi connectivity index (χ0) is 12.5. The Morgan fingerprint density at radius 3 is 2.53 bits per heavy atom. The van der Waals surface area contributed by atoms with Crippen LogP contribution in [0.5, 0.6) is 0 Å². The molecule has 0 amide bonds. The maximum Gasteiger partial charge on any atom is 0.147 e. The Kier molecular flexibility index (Phi) is 4.11. The van der Waals surface area contributed by atoms with Gasteiger partial charge in [0.25, 0.3) is 0 Å². The topological polar surface area (TPSA) is 27.7 Å². The second-order valence-corrected chi connectivity index (χ2v) is 6.18. The average Bonchev–Trinajstić information content (AvgIpc) is 2.30. The molecule has 2 bridgehead atoms. The Morgan fingerprint density at radius 2 is 1.94 bits per heavy atom. The Hall–Kier alpha value is -0.120. The number of hydrogen-bond acceptors (Lipinski definition) is 3. The molecule has 0 radical (unpaired) electrons. The van der Waals surface area contributed by atoms with Gasteiger partial charge in [-0.15, -0.1) is 0 Å². The molecular formula is C14H26O3. The van der Waals surface area contributed by atoms with Crippen molar-refractivity contribution in [2.24, 2.45) is 23.2 Å². The third-order valence-corrected chi connectivity index (χ3v) is 5.08. The van der Waals surface area contributed by atoms with Gasteiger partial charge >= 0.3 is 0 Å². The minimum Gasteiger partial charge on any atom is -0.382 e. The third kappa shape index (κ3) is 2.51.